The van der Waals surface area contributed by atoms with Crippen LogP contribution in [0.5, 0.6) is 0 Å². The van der Waals surface area contributed by atoms with Crippen molar-refractivity contribution in [3.63, 3.8) is 0 Å². The Bertz CT molecular complexity index is 542. The van der Waals surface area contributed by atoms with Gasteiger partial charge in [-0.3, -0.25) is 5.32 Å². The van der Waals surface area contributed by atoms with Gasteiger partial charge in [0.25, 0.3) is 0 Å². The van der Waals surface area contributed by atoms with Crippen LogP contribution in [0.25, 0.3) is 0 Å². The summed E-state index contributed by atoms with van der Waals surface area (Å²) in [7, 11) is 0. The highest BCUT2D eigenvalue weighted by Gasteiger charge is 2.36. The molecule has 124 valence electrons. The number of alkyl halides is 3. The highest BCUT2D eigenvalue weighted by atomic mass is 35.5. The molecule has 1 amide bonds. The molecule has 8 heteroatoms. The van der Waals surface area contributed by atoms with E-state index in [1.807, 2.05) is 0 Å². The van der Waals surface area contributed by atoms with E-state index in [2.05, 4.69) is 5.32 Å². The molecule has 22 heavy (non-hydrogen) atoms. The average Bonchev–Trinajstić information content (AvgIpc) is 2.29. The third kappa shape index (κ3) is 6.11. The van der Waals surface area contributed by atoms with Crippen LogP contribution in [-0.4, -0.2) is 23.9 Å². The van der Waals surface area contributed by atoms with Gasteiger partial charge in [0.1, 0.15) is 11.6 Å². The number of carbonyl (C=O) groups excluding carboxylic acids is 1. The summed E-state index contributed by atoms with van der Waals surface area (Å²) in [5.74, 6) is 0. The van der Waals surface area contributed by atoms with Gasteiger partial charge >= 0.3 is 12.3 Å². The van der Waals surface area contributed by atoms with E-state index in [1.165, 1.54) is 18.2 Å². The molecule has 0 bridgehead atoms. The van der Waals surface area contributed by atoms with E-state index in [0.29, 0.717) is 5.56 Å². The Balaban J connectivity index is 2.84. The van der Waals surface area contributed by atoms with E-state index in [1.54, 1.807) is 20.8 Å². The monoisotopic (exact) mass is 338 g/mol. The zero-order chi connectivity index (χ0) is 17.1. The first-order chi connectivity index (χ1) is 9.88. The molecule has 4 nitrogen and oxygen atoms in total. The minimum atomic E-state index is -4.49. The van der Waals surface area contributed by atoms with E-state index in [0.717, 1.165) is 0 Å². The predicted octanol–water partition coefficient (Wildman–Crippen LogP) is 4.12. The molecule has 3 N–H and O–H groups in total. The van der Waals surface area contributed by atoms with Gasteiger partial charge in [0.2, 0.25) is 0 Å². The SMILES string of the molecule is CC(C)(C)OC(=O)Nc1cc(CC(N)C(F)(F)F)ccc1Cl. The number of amides is 1. The van der Waals surface area contributed by atoms with Gasteiger partial charge in [-0.15, -0.1) is 0 Å². The van der Waals surface area contributed by atoms with Crippen LogP contribution in [0.4, 0.5) is 23.7 Å². The summed E-state index contributed by atoms with van der Waals surface area (Å²) < 4.78 is 42.5. The lowest BCUT2D eigenvalue weighted by Gasteiger charge is -2.20. The molecule has 0 aliphatic carbocycles. The number of anilines is 1. The van der Waals surface area contributed by atoms with Crippen LogP contribution in [0.15, 0.2) is 18.2 Å². The molecule has 0 aliphatic heterocycles. The van der Waals surface area contributed by atoms with Crippen molar-refractivity contribution in [3.8, 4) is 0 Å². The summed E-state index contributed by atoms with van der Waals surface area (Å²) in [5.41, 5.74) is 4.86. The fourth-order valence-corrected chi connectivity index (χ4v) is 1.74. The fraction of sp³-hybridized carbons (Fsp3) is 0.500. The number of hydrogen-bond donors (Lipinski definition) is 2. The van der Waals surface area contributed by atoms with Crippen LogP contribution in [0.1, 0.15) is 26.3 Å². The van der Waals surface area contributed by atoms with Crippen LogP contribution in [0, 0.1) is 0 Å². The maximum atomic E-state index is 12.5. The molecular weight excluding hydrogens is 321 g/mol. The lowest BCUT2D eigenvalue weighted by atomic mass is 10.1. The molecule has 0 radical (unpaired) electrons. The maximum Gasteiger partial charge on any atom is 0.412 e. The third-order valence-electron chi connectivity index (χ3n) is 2.54. The molecule has 0 fully saturated rings. The van der Waals surface area contributed by atoms with Crippen molar-refractivity contribution in [3.05, 3.63) is 28.8 Å². The molecule has 0 aromatic heterocycles. The van der Waals surface area contributed by atoms with Crippen molar-refractivity contribution >= 4 is 23.4 Å². The Morgan fingerprint density at radius 3 is 2.45 bits per heavy atom. The van der Waals surface area contributed by atoms with Gasteiger partial charge in [-0.1, -0.05) is 17.7 Å². The Morgan fingerprint density at radius 2 is 1.95 bits per heavy atom. The van der Waals surface area contributed by atoms with Gasteiger partial charge in [-0.2, -0.15) is 13.2 Å². The Morgan fingerprint density at radius 1 is 1.36 bits per heavy atom. The highest BCUT2D eigenvalue weighted by molar-refractivity contribution is 6.33. The van der Waals surface area contributed by atoms with E-state index < -0.39 is 30.3 Å². The highest BCUT2D eigenvalue weighted by Crippen LogP contribution is 2.27. The Hall–Kier alpha value is -1.47. The number of nitrogens with two attached hydrogens (primary N) is 1. The molecular formula is C14H18ClF3N2O2. The van der Waals surface area contributed by atoms with E-state index in [9.17, 15) is 18.0 Å². The second-order valence-corrected chi connectivity index (χ2v) is 6.20. The van der Waals surface area contributed by atoms with Gasteiger partial charge < -0.3 is 10.5 Å². The van der Waals surface area contributed by atoms with Crippen molar-refractivity contribution < 1.29 is 22.7 Å². The Labute approximate surface area is 131 Å². The molecule has 1 aromatic rings. The molecule has 1 atom stereocenters. The van der Waals surface area contributed by atoms with E-state index in [-0.39, 0.29) is 10.7 Å². The summed E-state index contributed by atoms with van der Waals surface area (Å²) in [6, 6.07) is 2.18. The number of halogens is 4. The second-order valence-electron chi connectivity index (χ2n) is 5.79. The molecule has 0 aliphatic rings. The molecule has 1 rings (SSSR count). The number of rotatable bonds is 3. The summed E-state index contributed by atoms with van der Waals surface area (Å²) >= 11 is 5.91. The molecule has 1 aromatic carbocycles. The van der Waals surface area contributed by atoms with Gasteiger partial charge in [-0.05, 0) is 44.9 Å². The molecule has 0 heterocycles. The zero-order valence-electron chi connectivity index (χ0n) is 12.4. The van der Waals surface area contributed by atoms with Crippen molar-refractivity contribution in [2.45, 2.75) is 45.0 Å². The quantitative estimate of drug-likeness (QED) is 0.871. The van der Waals surface area contributed by atoms with E-state index >= 15 is 0 Å². The first-order valence-electron chi connectivity index (χ1n) is 6.49. The van der Waals surface area contributed by atoms with Crippen LogP contribution in [0.3, 0.4) is 0 Å². The summed E-state index contributed by atoms with van der Waals surface area (Å²) in [4.78, 5) is 11.7. The van der Waals surface area contributed by atoms with Crippen LogP contribution < -0.4 is 11.1 Å². The first-order valence-corrected chi connectivity index (χ1v) is 6.87. The minimum Gasteiger partial charge on any atom is -0.444 e. The van der Waals surface area contributed by atoms with E-state index in [4.69, 9.17) is 22.1 Å². The standard InChI is InChI=1S/C14H18ClF3N2O2/c1-13(2,3)22-12(21)20-10-6-8(4-5-9(10)15)7-11(19)14(16,17)18/h4-6,11H,7,19H2,1-3H3,(H,20,21). The second kappa shape index (κ2) is 6.75. The molecule has 0 saturated heterocycles. The summed E-state index contributed by atoms with van der Waals surface area (Å²) in [6.45, 7) is 5.06. The lowest BCUT2D eigenvalue weighted by Crippen LogP contribution is -2.39. The van der Waals surface area contributed by atoms with Crippen LogP contribution >= 0.6 is 11.6 Å². The van der Waals surface area contributed by atoms with Crippen molar-refractivity contribution in [1.29, 1.82) is 0 Å². The Kier molecular flexibility index (Phi) is 5.70. The topological polar surface area (TPSA) is 64.3 Å². The molecule has 0 saturated carbocycles. The molecule has 1 unspecified atom stereocenters. The van der Waals surface area contributed by atoms with Gasteiger partial charge in [0, 0.05) is 0 Å². The fourth-order valence-electron chi connectivity index (χ4n) is 1.58. The number of carbonyl (C=O) groups is 1. The third-order valence-corrected chi connectivity index (χ3v) is 2.87. The maximum absolute atomic E-state index is 12.5. The minimum absolute atomic E-state index is 0.169. The van der Waals surface area contributed by atoms with Crippen molar-refractivity contribution in [2.75, 3.05) is 5.32 Å². The predicted molar refractivity (Wildman–Crippen MR) is 79.0 cm³/mol. The van der Waals surface area contributed by atoms with Gasteiger partial charge in [0.15, 0.2) is 0 Å². The number of ether oxygens (including phenoxy) is 1. The van der Waals surface area contributed by atoms with Crippen LogP contribution in [0.2, 0.25) is 5.02 Å². The first kappa shape index (κ1) is 18.6. The summed E-state index contributed by atoms with van der Waals surface area (Å²) in [6.07, 6.45) is -5.64. The van der Waals surface area contributed by atoms with Crippen molar-refractivity contribution in [1.82, 2.24) is 0 Å². The average molecular weight is 339 g/mol. The van der Waals surface area contributed by atoms with Gasteiger partial charge in [-0.25, -0.2) is 4.79 Å². The summed E-state index contributed by atoms with van der Waals surface area (Å²) in [5, 5.41) is 2.59. The zero-order valence-corrected chi connectivity index (χ0v) is 13.2. The normalized spacial score (nSPS) is 13.6. The number of benzene rings is 1. The lowest BCUT2D eigenvalue weighted by molar-refractivity contribution is -0.147. The smallest absolute Gasteiger partial charge is 0.412 e. The van der Waals surface area contributed by atoms with Gasteiger partial charge in [0.05, 0.1) is 10.7 Å². The van der Waals surface area contributed by atoms with Crippen LogP contribution in [-0.2, 0) is 11.2 Å². The number of nitrogens with one attached hydrogen (secondary N) is 1. The number of hydrogen-bond acceptors (Lipinski definition) is 3. The molecule has 0 spiro atoms. The van der Waals surface area contributed by atoms with Crippen molar-refractivity contribution in [2.24, 2.45) is 5.73 Å². The largest absolute Gasteiger partial charge is 0.444 e.